The molecule has 118 valence electrons. The topological polar surface area (TPSA) is 58.6 Å². The number of carbonyl (C=O) groups is 1. The van der Waals surface area contributed by atoms with Crippen LogP contribution in [0, 0.1) is 5.92 Å². The summed E-state index contributed by atoms with van der Waals surface area (Å²) in [4.78, 5) is 12.0. The first-order chi connectivity index (χ1) is 9.90. The average Bonchev–Trinajstić information content (AvgIpc) is 2.50. The average molecular weight is 293 g/mol. The number of hydrogen-bond acceptors (Lipinski definition) is 3. The Kier molecular flexibility index (Phi) is 6.69. The SMILES string of the molecule is CCC(O)(CC)CNC(=O)c1ccc(OCC(C)C)cc1. The van der Waals surface area contributed by atoms with E-state index in [9.17, 15) is 9.90 Å². The zero-order chi connectivity index (χ0) is 15.9. The van der Waals surface area contributed by atoms with Crippen LogP contribution in [-0.2, 0) is 0 Å². The predicted molar refractivity (Wildman–Crippen MR) is 84.6 cm³/mol. The quantitative estimate of drug-likeness (QED) is 0.774. The zero-order valence-electron chi connectivity index (χ0n) is 13.5. The van der Waals surface area contributed by atoms with Gasteiger partial charge in [0.2, 0.25) is 0 Å². The lowest BCUT2D eigenvalue weighted by atomic mass is 9.97. The van der Waals surface area contributed by atoms with Crippen molar-refractivity contribution < 1.29 is 14.6 Å². The smallest absolute Gasteiger partial charge is 0.251 e. The molecule has 4 nitrogen and oxygen atoms in total. The van der Waals surface area contributed by atoms with Crippen LogP contribution in [0.2, 0.25) is 0 Å². The van der Waals surface area contributed by atoms with Crippen molar-refractivity contribution >= 4 is 5.91 Å². The fourth-order valence-corrected chi connectivity index (χ4v) is 1.81. The van der Waals surface area contributed by atoms with Crippen LogP contribution in [0.1, 0.15) is 50.9 Å². The number of nitrogens with one attached hydrogen (secondary N) is 1. The van der Waals surface area contributed by atoms with E-state index >= 15 is 0 Å². The Labute approximate surface area is 127 Å². The number of rotatable bonds is 8. The fraction of sp³-hybridized carbons (Fsp3) is 0.588. The summed E-state index contributed by atoms with van der Waals surface area (Å²) in [6, 6.07) is 7.07. The third kappa shape index (κ3) is 5.76. The van der Waals surface area contributed by atoms with Crippen LogP contribution in [0.25, 0.3) is 0 Å². The molecule has 1 amide bonds. The van der Waals surface area contributed by atoms with Crippen LogP contribution in [0.5, 0.6) is 5.75 Å². The Morgan fingerprint density at radius 3 is 2.29 bits per heavy atom. The van der Waals surface area contributed by atoms with Crippen molar-refractivity contribution in [2.45, 2.75) is 46.1 Å². The highest BCUT2D eigenvalue weighted by atomic mass is 16.5. The molecule has 4 heteroatoms. The monoisotopic (exact) mass is 293 g/mol. The van der Waals surface area contributed by atoms with E-state index in [4.69, 9.17) is 4.74 Å². The molecule has 1 rings (SSSR count). The molecule has 0 fully saturated rings. The number of carbonyl (C=O) groups excluding carboxylic acids is 1. The van der Waals surface area contributed by atoms with Gasteiger partial charge >= 0.3 is 0 Å². The molecule has 0 spiro atoms. The van der Waals surface area contributed by atoms with Gasteiger partial charge in [0, 0.05) is 12.1 Å². The molecule has 0 aromatic heterocycles. The van der Waals surface area contributed by atoms with E-state index in [1.165, 1.54) is 0 Å². The van der Waals surface area contributed by atoms with Gasteiger partial charge in [-0.2, -0.15) is 0 Å². The van der Waals surface area contributed by atoms with Crippen LogP contribution >= 0.6 is 0 Å². The van der Waals surface area contributed by atoms with Gasteiger partial charge in [0.1, 0.15) is 5.75 Å². The lowest BCUT2D eigenvalue weighted by Gasteiger charge is -2.25. The van der Waals surface area contributed by atoms with Gasteiger partial charge in [0.15, 0.2) is 0 Å². The Hall–Kier alpha value is -1.55. The first kappa shape index (κ1) is 17.5. The normalized spacial score (nSPS) is 11.5. The highest BCUT2D eigenvalue weighted by Gasteiger charge is 2.22. The fourth-order valence-electron chi connectivity index (χ4n) is 1.81. The highest BCUT2D eigenvalue weighted by molar-refractivity contribution is 5.94. The maximum atomic E-state index is 12.0. The standard InChI is InChI=1S/C17H27NO3/c1-5-17(20,6-2)12-18-16(19)14-7-9-15(10-8-14)21-11-13(3)4/h7-10,13,20H,5-6,11-12H2,1-4H3,(H,18,19). The number of amides is 1. The van der Waals surface area contributed by atoms with Gasteiger partial charge in [-0.25, -0.2) is 0 Å². The summed E-state index contributed by atoms with van der Waals surface area (Å²) in [6.45, 7) is 8.93. The molecular weight excluding hydrogens is 266 g/mol. The number of aliphatic hydroxyl groups is 1. The van der Waals surface area contributed by atoms with Crippen molar-refractivity contribution in [1.29, 1.82) is 0 Å². The summed E-state index contributed by atoms with van der Waals surface area (Å²) in [7, 11) is 0. The highest BCUT2D eigenvalue weighted by Crippen LogP contribution is 2.15. The lowest BCUT2D eigenvalue weighted by molar-refractivity contribution is 0.0314. The molecule has 0 radical (unpaired) electrons. The van der Waals surface area contributed by atoms with Gasteiger partial charge in [0.05, 0.1) is 12.2 Å². The van der Waals surface area contributed by atoms with Crippen LogP contribution in [0.3, 0.4) is 0 Å². The third-order valence-corrected chi connectivity index (χ3v) is 3.59. The zero-order valence-corrected chi connectivity index (χ0v) is 13.5. The van der Waals surface area contributed by atoms with E-state index in [0.717, 1.165) is 5.75 Å². The predicted octanol–water partition coefficient (Wildman–Crippen LogP) is 3.00. The molecule has 0 aliphatic carbocycles. The van der Waals surface area contributed by atoms with Gasteiger partial charge in [-0.05, 0) is 43.0 Å². The molecule has 0 aliphatic heterocycles. The van der Waals surface area contributed by atoms with Crippen LogP contribution < -0.4 is 10.1 Å². The van der Waals surface area contributed by atoms with Gasteiger partial charge in [-0.1, -0.05) is 27.7 Å². The Bertz CT molecular complexity index is 436. The molecule has 0 bridgehead atoms. The molecule has 0 atom stereocenters. The van der Waals surface area contributed by atoms with Gasteiger partial charge < -0.3 is 15.2 Å². The largest absolute Gasteiger partial charge is 0.493 e. The summed E-state index contributed by atoms with van der Waals surface area (Å²) >= 11 is 0. The van der Waals surface area contributed by atoms with Crippen LogP contribution in [-0.4, -0.2) is 29.8 Å². The molecule has 1 aromatic rings. The molecule has 2 N–H and O–H groups in total. The second kappa shape index (κ2) is 8.03. The minimum Gasteiger partial charge on any atom is -0.493 e. The van der Waals surface area contributed by atoms with Gasteiger partial charge in [-0.15, -0.1) is 0 Å². The van der Waals surface area contributed by atoms with E-state index in [-0.39, 0.29) is 12.5 Å². The van der Waals surface area contributed by atoms with Crippen molar-refractivity contribution in [2.75, 3.05) is 13.2 Å². The maximum absolute atomic E-state index is 12.0. The molecule has 21 heavy (non-hydrogen) atoms. The summed E-state index contributed by atoms with van der Waals surface area (Å²) in [5, 5.41) is 12.9. The van der Waals surface area contributed by atoms with E-state index in [1.54, 1.807) is 24.3 Å². The van der Waals surface area contributed by atoms with Crippen molar-refractivity contribution in [3.05, 3.63) is 29.8 Å². The van der Waals surface area contributed by atoms with Gasteiger partial charge in [-0.3, -0.25) is 4.79 Å². The Morgan fingerprint density at radius 2 is 1.81 bits per heavy atom. The van der Waals surface area contributed by atoms with Crippen molar-refractivity contribution in [3.8, 4) is 5.75 Å². The third-order valence-electron chi connectivity index (χ3n) is 3.59. The number of hydrogen-bond donors (Lipinski definition) is 2. The Morgan fingerprint density at radius 1 is 1.24 bits per heavy atom. The molecule has 0 aliphatic rings. The molecule has 0 unspecified atom stereocenters. The Balaban J connectivity index is 2.55. The first-order valence-electron chi connectivity index (χ1n) is 7.63. The van der Waals surface area contributed by atoms with Crippen molar-refractivity contribution in [2.24, 2.45) is 5.92 Å². The molecule has 0 heterocycles. The summed E-state index contributed by atoms with van der Waals surface area (Å²) in [6.07, 6.45) is 1.23. The molecule has 1 aromatic carbocycles. The van der Waals surface area contributed by atoms with E-state index in [1.807, 2.05) is 13.8 Å². The van der Waals surface area contributed by atoms with E-state index in [0.29, 0.717) is 30.9 Å². The number of ether oxygens (including phenoxy) is 1. The molecule has 0 saturated carbocycles. The molecular formula is C17H27NO3. The second-order valence-corrected chi connectivity index (χ2v) is 5.84. The number of benzene rings is 1. The first-order valence-corrected chi connectivity index (χ1v) is 7.63. The van der Waals surface area contributed by atoms with Crippen LogP contribution in [0.4, 0.5) is 0 Å². The summed E-state index contributed by atoms with van der Waals surface area (Å²) < 4.78 is 5.58. The summed E-state index contributed by atoms with van der Waals surface area (Å²) in [5.41, 5.74) is -0.253. The van der Waals surface area contributed by atoms with Crippen LogP contribution in [0.15, 0.2) is 24.3 Å². The van der Waals surface area contributed by atoms with E-state index in [2.05, 4.69) is 19.2 Å². The minimum absolute atomic E-state index is 0.175. The van der Waals surface area contributed by atoms with Crippen molar-refractivity contribution in [3.63, 3.8) is 0 Å². The second-order valence-electron chi connectivity index (χ2n) is 5.84. The summed E-state index contributed by atoms with van der Waals surface area (Å²) in [5.74, 6) is 1.05. The maximum Gasteiger partial charge on any atom is 0.251 e. The van der Waals surface area contributed by atoms with Crippen molar-refractivity contribution in [1.82, 2.24) is 5.32 Å². The van der Waals surface area contributed by atoms with Gasteiger partial charge in [0.25, 0.3) is 5.91 Å². The lowest BCUT2D eigenvalue weighted by Crippen LogP contribution is -2.42. The minimum atomic E-state index is -0.823. The molecule has 0 saturated heterocycles. The van der Waals surface area contributed by atoms with E-state index < -0.39 is 5.60 Å².